The molecule has 1 heterocycles. The number of anilines is 1. The summed E-state index contributed by atoms with van der Waals surface area (Å²) < 4.78 is 10.7. The molecule has 1 atom stereocenters. The minimum Gasteiger partial charge on any atom is -0.488 e. The number of hydrogen-bond donors (Lipinski definition) is 2. The lowest BCUT2D eigenvalue weighted by molar-refractivity contribution is -0.149. The molecule has 0 aliphatic carbocycles. The van der Waals surface area contributed by atoms with Crippen molar-refractivity contribution in [2.24, 2.45) is 5.73 Å². The van der Waals surface area contributed by atoms with Crippen LogP contribution in [0.2, 0.25) is 0 Å². The normalized spacial score (nSPS) is 13.4. The van der Waals surface area contributed by atoms with E-state index in [1.807, 2.05) is 24.3 Å². The number of para-hydroxylation sites is 1. The van der Waals surface area contributed by atoms with Crippen LogP contribution in [0.15, 0.2) is 54.1 Å². The Morgan fingerprint density at radius 1 is 1.11 bits per heavy atom. The van der Waals surface area contributed by atoms with Crippen molar-refractivity contribution in [1.82, 2.24) is 0 Å². The Morgan fingerprint density at radius 2 is 1.81 bits per heavy atom. The summed E-state index contributed by atoms with van der Waals surface area (Å²) in [5.74, 6) is -0.969. The number of carbonyl (C=O) groups is 3. The SMILES string of the molecule is C[C@H](OC(=O)C1=Cc2ccccc2OC1)C(=O)Nc1ccc(C(N)=O)cc1. The summed E-state index contributed by atoms with van der Waals surface area (Å²) in [6.07, 6.45) is 0.681. The zero-order valence-corrected chi connectivity index (χ0v) is 14.6. The van der Waals surface area contributed by atoms with E-state index >= 15 is 0 Å². The lowest BCUT2D eigenvalue weighted by Crippen LogP contribution is -2.31. The molecule has 3 rings (SSSR count). The molecular formula is C20H18N2O5. The first kappa shape index (κ1) is 18.2. The molecule has 0 saturated carbocycles. The molecule has 7 nitrogen and oxygen atoms in total. The van der Waals surface area contributed by atoms with Gasteiger partial charge in [0.25, 0.3) is 5.91 Å². The summed E-state index contributed by atoms with van der Waals surface area (Å²) in [5, 5.41) is 2.61. The van der Waals surface area contributed by atoms with E-state index in [1.165, 1.54) is 19.1 Å². The number of esters is 1. The van der Waals surface area contributed by atoms with Crippen LogP contribution in [0.25, 0.3) is 6.08 Å². The van der Waals surface area contributed by atoms with Crippen LogP contribution < -0.4 is 15.8 Å². The maximum absolute atomic E-state index is 12.3. The van der Waals surface area contributed by atoms with E-state index in [2.05, 4.69) is 5.32 Å². The van der Waals surface area contributed by atoms with Gasteiger partial charge in [-0.3, -0.25) is 9.59 Å². The van der Waals surface area contributed by atoms with E-state index in [1.54, 1.807) is 18.2 Å². The predicted octanol–water partition coefficient (Wildman–Crippen LogP) is 2.13. The zero-order valence-electron chi connectivity index (χ0n) is 14.6. The predicted molar refractivity (Wildman–Crippen MR) is 99.1 cm³/mol. The average molecular weight is 366 g/mol. The zero-order chi connectivity index (χ0) is 19.4. The van der Waals surface area contributed by atoms with Crippen LogP contribution in [0, 0.1) is 0 Å². The van der Waals surface area contributed by atoms with Crippen LogP contribution in [-0.2, 0) is 14.3 Å². The minimum atomic E-state index is -1.01. The number of nitrogens with two attached hydrogens (primary N) is 1. The number of primary amides is 1. The molecule has 1 aliphatic rings. The van der Waals surface area contributed by atoms with Crippen LogP contribution in [-0.4, -0.2) is 30.5 Å². The molecule has 2 amide bonds. The lowest BCUT2D eigenvalue weighted by Gasteiger charge is -2.19. The highest BCUT2D eigenvalue weighted by atomic mass is 16.6. The summed E-state index contributed by atoms with van der Waals surface area (Å²) in [6.45, 7) is 1.56. The highest BCUT2D eigenvalue weighted by Gasteiger charge is 2.23. The first-order valence-electron chi connectivity index (χ1n) is 8.28. The second-order valence-corrected chi connectivity index (χ2v) is 5.97. The van der Waals surface area contributed by atoms with Gasteiger partial charge in [0.15, 0.2) is 6.10 Å². The van der Waals surface area contributed by atoms with Crippen molar-refractivity contribution in [3.05, 3.63) is 65.2 Å². The Balaban J connectivity index is 1.60. The Hall–Kier alpha value is -3.61. The second-order valence-electron chi connectivity index (χ2n) is 5.97. The molecule has 2 aromatic carbocycles. The number of carbonyl (C=O) groups excluding carboxylic acids is 3. The van der Waals surface area contributed by atoms with Gasteiger partial charge in [-0.15, -0.1) is 0 Å². The summed E-state index contributed by atoms with van der Waals surface area (Å²) in [4.78, 5) is 35.6. The van der Waals surface area contributed by atoms with Crippen LogP contribution >= 0.6 is 0 Å². The van der Waals surface area contributed by atoms with Gasteiger partial charge in [0.1, 0.15) is 12.4 Å². The number of fused-ring (bicyclic) bond motifs is 1. The van der Waals surface area contributed by atoms with Gasteiger partial charge in [0, 0.05) is 16.8 Å². The largest absolute Gasteiger partial charge is 0.488 e. The van der Waals surface area contributed by atoms with Crippen molar-refractivity contribution in [3.8, 4) is 5.75 Å². The highest BCUT2D eigenvalue weighted by molar-refractivity contribution is 6.00. The van der Waals surface area contributed by atoms with Gasteiger partial charge in [0.05, 0.1) is 5.57 Å². The smallest absolute Gasteiger partial charge is 0.338 e. The second kappa shape index (κ2) is 7.74. The van der Waals surface area contributed by atoms with E-state index in [4.69, 9.17) is 15.2 Å². The summed E-state index contributed by atoms with van der Waals surface area (Å²) in [5.41, 5.74) is 7.07. The molecule has 138 valence electrons. The molecule has 0 spiro atoms. The van der Waals surface area contributed by atoms with Crippen LogP contribution in [0.4, 0.5) is 5.69 Å². The molecule has 27 heavy (non-hydrogen) atoms. The number of hydrogen-bond acceptors (Lipinski definition) is 5. The van der Waals surface area contributed by atoms with Crippen molar-refractivity contribution in [2.45, 2.75) is 13.0 Å². The molecule has 2 aromatic rings. The van der Waals surface area contributed by atoms with E-state index < -0.39 is 23.9 Å². The number of nitrogens with one attached hydrogen (secondary N) is 1. The Morgan fingerprint density at radius 3 is 2.52 bits per heavy atom. The third-order valence-electron chi connectivity index (χ3n) is 3.98. The van der Waals surface area contributed by atoms with Gasteiger partial charge in [-0.05, 0) is 43.3 Å². The van der Waals surface area contributed by atoms with Crippen molar-refractivity contribution in [3.63, 3.8) is 0 Å². The molecule has 0 radical (unpaired) electrons. The van der Waals surface area contributed by atoms with Gasteiger partial charge in [-0.2, -0.15) is 0 Å². The fraction of sp³-hybridized carbons (Fsp3) is 0.150. The number of ether oxygens (including phenoxy) is 2. The van der Waals surface area contributed by atoms with Gasteiger partial charge in [-0.1, -0.05) is 18.2 Å². The average Bonchev–Trinajstić information content (AvgIpc) is 2.67. The van der Waals surface area contributed by atoms with E-state index in [0.717, 1.165) is 5.56 Å². The quantitative estimate of drug-likeness (QED) is 0.788. The third-order valence-corrected chi connectivity index (χ3v) is 3.98. The first-order valence-corrected chi connectivity index (χ1v) is 8.28. The minimum absolute atomic E-state index is 0.0821. The highest BCUT2D eigenvalue weighted by Crippen LogP contribution is 2.26. The third kappa shape index (κ3) is 4.33. The summed E-state index contributed by atoms with van der Waals surface area (Å²) in [7, 11) is 0. The van der Waals surface area contributed by atoms with Crippen molar-refractivity contribution >= 4 is 29.5 Å². The molecule has 0 bridgehead atoms. The number of rotatable bonds is 5. The van der Waals surface area contributed by atoms with Gasteiger partial charge >= 0.3 is 5.97 Å². The Bertz CT molecular complexity index is 918. The standard InChI is InChI=1S/C20H18N2O5/c1-12(19(24)22-16-8-6-13(7-9-16)18(21)23)27-20(25)15-10-14-4-2-3-5-17(14)26-11-15/h2-10,12H,11H2,1H3,(H2,21,23)(H,22,24)/t12-/m0/s1. The van der Waals surface area contributed by atoms with Gasteiger partial charge in [-0.25, -0.2) is 4.79 Å². The maximum atomic E-state index is 12.3. The van der Waals surface area contributed by atoms with E-state index in [-0.39, 0.29) is 6.61 Å². The molecule has 0 aromatic heterocycles. The number of amides is 2. The molecule has 0 fully saturated rings. The summed E-state index contributed by atoms with van der Waals surface area (Å²) in [6, 6.07) is 13.4. The topological polar surface area (TPSA) is 108 Å². The van der Waals surface area contributed by atoms with Crippen molar-refractivity contribution in [2.75, 3.05) is 11.9 Å². The van der Waals surface area contributed by atoms with Gasteiger partial charge in [0.2, 0.25) is 5.91 Å². The maximum Gasteiger partial charge on any atom is 0.338 e. The van der Waals surface area contributed by atoms with Crippen LogP contribution in [0.5, 0.6) is 5.75 Å². The Kier molecular flexibility index (Phi) is 5.21. The van der Waals surface area contributed by atoms with Crippen LogP contribution in [0.1, 0.15) is 22.8 Å². The number of benzene rings is 2. The van der Waals surface area contributed by atoms with E-state index in [9.17, 15) is 14.4 Å². The molecule has 3 N–H and O–H groups in total. The van der Waals surface area contributed by atoms with Crippen molar-refractivity contribution in [1.29, 1.82) is 0 Å². The summed E-state index contributed by atoms with van der Waals surface area (Å²) >= 11 is 0. The first-order chi connectivity index (χ1) is 12.9. The molecular weight excluding hydrogens is 348 g/mol. The van der Waals surface area contributed by atoms with Gasteiger partial charge < -0.3 is 20.5 Å². The van der Waals surface area contributed by atoms with Crippen LogP contribution in [0.3, 0.4) is 0 Å². The fourth-order valence-electron chi connectivity index (χ4n) is 2.49. The Labute approximate surface area is 155 Å². The monoisotopic (exact) mass is 366 g/mol. The molecule has 1 aliphatic heterocycles. The van der Waals surface area contributed by atoms with Crippen molar-refractivity contribution < 1.29 is 23.9 Å². The van der Waals surface area contributed by atoms with E-state index in [0.29, 0.717) is 22.6 Å². The fourth-order valence-corrected chi connectivity index (χ4v) is 2.49. The molecule has 0 unspecified atom stereocenters. The lowest BCUT2D eigenvalue weighted by atomic mass is 10.1. The molecule has 0 saturated heterocycles. The molecule has 7 heteroatoms.